The van der Waals surface area contributed by atoms with Gasteiger partial charge in [0.2, 0.25) is 0 Å². The molecule has 2 aromatic heterocycles. The van der Waals surface area contributed by atoms with Crippen LogP contribution in [0.4, 0.5) is 0 Å². The molecule has 5 rings (SSSR count). The van der Waals surface area contributed by atoms with E-state index in [2.05, 4.69) is 4.98 Å². The number of ether oxygens (including phenoxy) is 1. The summed E-state index contributed by atoms with van der Waals surface area (Å²) in [5.41, 5.74) is 17.0. The van der Waals surface area contributed by atoms with Gasteiger partial charge in [-0.2, -0.15) is 9.61 Å². The van der Waals surface area contributed by atoms with Gasteiger partial charge in [-0.15, -0.1) is 0 Å². The van der Waals surface area contributed by atoms with Crippen molar-refractivity contribution in [1.29, 1.82) is 0 Å². The maximum Gasteiger partial charge on any atom is 0.328 e. The molecule has 0 amide bonds. The average Bonchev–Trinajstić information content (AvgIpc) is 3.33. The minimum atomic E-state index is -0.788. The van der Waals surface area contributed by atoms with Gasteiger partial charge in [-0.25, -0.2) is 4.79 Å². The van der Waals surface area contributed by atoms with Crippen LogP contribution < -0.4 is 21.8 Å². The minimum Gasteiger partial charge on any atom is -0.425 e. The van der Waals surface area contributed by atoms with Crippen molar-refractivity contribution in [3.8, 4) is 28.0 Å². The molecule has 0 bridgehead atoms. The molecular weight excluding hydrogens is 538 g/mol. The maximum absolute atomic E-state index is 13.9. The first-order chi connectivity index (χ1) is 19.9. The molecule has 0 saturated heterocycles. The summed E-state index contributed by atoms with van der Waals surface area (Å²) in [7, 11) is 0. The summed E-state index contributed by atoms with van der Waals surface area (Å²) in [4.78, 5) is 30.0. The van der Waals surface area contributed by atoms with Gasteiger partial charge in [-0.1, -0.05) is 72.6 Å². The van der Waals surface area contributed by atoms with E-state index in [1.54, 1.807) is 18.3 Å². The topological polar surface area (TPSA) is 128 Å². The van der Waals surface area contributed by atoms with Gasteiger partial charge in [-0.05, 0) is 61.2 Å². The number of nitrogens with one attached hydrogen (secondary N) is 1. The number of aromatic nitrogens is 3. The minimum absolute atomic E-state index is 0.267. The molecule has 1 atom stereocenters. The fourth-order valence-corrected chi connectivity index (χ4v) is 4.96. The van der Waals surface area contributed by atoms with E-state index in [4.69, 9.17) is 32.9 Å². The van der Waals surface area contributed by atoms with Crippen LogP contribution in [-0.2, 0) is 11.2 Å². The smallest absolute Gasteiger partial charge is 0.328 e. The van der Waals surface area contributed by atoms with E-state index in [0.717, 1.165) is 40.8 Å². The first-order valence-electron chi connectivity index (χ1n) is 13.6. The predicted octanol–water partition coefficient (Wildman–Crippen LogP) is 5.27. The highest BCUT2D eigenvalue weighted by Crippen LogP contribution is 2.33. The molecule has 0 unspecified atom stereocenters. The summed E-state index contributed by atoms with van der Waals surface area (Å²) in [6.07, 6.45) is 4.13. The van der Waals surface area contributed by atoms with E-state index >= 15 is 0 Å². The van der Waals surface area contributed by atoms with Crippen LogP contribution in [-0.4, -0.2) is 33.2 Å². The number of hydrogen-bond donors (Lipinski definition) is 3. The lowest BCUT2D eigenvalue weighted by atomic mass is 10.0. The van der Waals surface area contributed by atoms with E-state index in [0.29, 0.717) is 41.2 Å². The van der Waals surface area contributed by atoms with Crippen molar-refractivity contribution in [2.75, 3.05) is 6.54 Å². The lowest BCUT2D eigenvalue weighted by Crippen LogP contribution is -2.34. The van der Waals surface area contributed by atoms with Crippen molar-refractivity contribution in [3.05, 3.63) is 111 Å². The van der Waals surface area contributed by atoms with Crippen LogP contribution in [0.2, 0.25) is 5.02 Å². The van der Waals surface area contributed by atoms with Crippen LogP contribution in [0.3, 0.4) is 0 Å². The van der Waals surface area contributed by atoms with Gasteiger partial charge in [0.05, 0.1) is 11.3 Å². The Morgan fingerprint density at radius 2 is 1.80 bits per heavy atom. The van der Waals surface area contributed by atoms with Crippen LogP contribution in [0, 0.1) is 6.92 Å². The van der Waals surface area contributed by atoms with Crippen molar-refractivity contribution in [3.63, 3.8) is 0 Å². The second-order valence-electron chi connectivity index (χ2n) is 10.1. The van der Waals surface area contributed by atoms with Crippen molar-refractivity contribution in [2.24, 2.45) is 11.5 Å². The van der Waals surface area contributed by atoms with Gasteiger partial charge < -0.3 is 21.2 Å². The number of aryl methyl sites for hydroxylation is 1. The van der Waals surface area contributed by atoms with Crippen molar-refractivity contribution in [1.82, 2.24) is 14.6 Å². The summed E-state index contributed by atoms with van der Waals surface area (Å²) in [6, 6.07) is 22.0. The number of fused-ring (bicyclic) bond motifs is 1. The zero-order chi connectivity index (χ0) is 28.9. The van der Waals surface area contributed by atoms with E-state index in [-0.39, 0.29) is 11.3 Å². The molecule has 0 fully saturated rings. The molecule has 0 saturated carbocycles. The molecule has 0 radical (unpaired) electrons. The molecule has 8 nitrogen and oxygen atoms in total. The molecule has 0 aliphatic carbocycles. The number of esters is 1. The van der Waals surface area contributed by atoms with E-state index in [9.17, 15) is 9.59 Å². The first-order valence-corrected chi connectivity index (χ1v) is 13.9. The molecular formula is C32H32ClN5O3. The molecule has 5 aromatic rings. The lowest BCUT2D eigenvalue weighted by Gasteiger charge is -2.14. The number of aromatic amines is 1. The number of nitrogens with two attached hydrogens (primary N) is 2. The van der Waals surface area contributed by atoms with Gasteiger partial charge in [0, 0.05) is 28.8 Å². The largest absolute Gasteiger partial charge is 0.425 e. The fourth-order valence-electron chi connectivity index (χ4n) is 4.83. The number of nitrogens with zero attached hydrogens (tertiary/aromatic N) is 2. The third-order valence-corrected chi connectivity index (χ3v) is 7.24. The summed E-state index contributed by atoms with van der Waals surface area (Å²) in [5, 5.41) is 5.39. The molecule has 3 aromatic carbocycles. The summed E-state index contributed by atoms with van der Waals surface area (Å²) < 4.78 is 7.12. The van der Waals surface area contributed by atoms with Crippen molar-refractivity contribution in [2.45, 2.75) is 38.6 Å². The quantitative estimate of drug-likeness (QED) is 0.119. The van der Waals surface area contributed by atoms with Gasteiger partial charge >= 0.3 is 5.97 Å². The van der Waals surface area contributed by atoms with Crippen LogP contribution >= 0.6 is 11.6 Å². The third-order valence-electron chi connectivity index (χ3n) is 6.99. The van der Waals surface area contributed by atoms with Crippen molar-refractivity contribution >= 4 is 23.2 Å². The van der Waals surface area contributed by atoms with Crippen LogP contribution in [0.5, 0.6) is 5.75 Å². The third kappa shape index (κ3) is 6.25. The molecule has 5 N–H and O–H groups in total. The highest BCUT2D eigenvalue weighted by molar-refractivity contribution is 6.30. The van der Waals surface area contributed by atoms with Crippen LogP contribution in [0.25, 0.3) is 27.9 Å². The monoisotopic (exact) mass is 569 g/mol. The predicted molar refractivity (Wildman–Crippen MR) is 162 cm³/mol. The Morgan fingerprint density at radius 1 is 1.05 bits per heavy atom. The average molecular weight is 570 g/mol. The Balaban J connectivity index is 1.59. The number of H-pyrrole nitrogens is 1. The van der Waals surface area contributed by atoms with Gasteiger partial charge in [-0.3, -0.25) is 4.79 Å². The number of unbranched alkanes of at least 4 members (excludes halogenated alkanes) is 1. The van der Waals surface area contributed by atoms with Crippen molar-refractivity contribution < 1.29 is 9.53 Å². The standard InChI is InChI=1S/C32H32ClN5O3/c1-20-10-15-24(28(17-20)41-32(40)26(35)9-5-6-16-34)25-19-36-30-29(22-11-13-23(33)14-12-22)27(37-38(30)31(25)39)18-21-7-3-2-4-8-21/h2-4,7-8,10-15,17,19,26,36H,5-6,9,16,18,34-35H2,1H3/t26-/m1/s1. The zero-order valence-electron chi connectivity index (χ0n) is 22.8. The molecule has 2 heterocycles. The molecule has 210 valence electrons. The number of hydrogen-bond acceptors (Lipinski definition) is 6. The normalized spacial score (nSPS) is 12.0. The Morgan fingerprint density at radius 3 is 2.54 bits per heavy atom. The maximum atomic E-state index is 13.9. The Bertz CT molecular complexity index is 1730. The van der Waals surface area contributed by atoms with E-state index < -0.39 is 12.0 Å². The number of carbonyl (C=O) groups excluding carboxylic acids is 1. The van der Waals surface area contributed by atoms with E-state index in [1.165, 1.54) is 4.52 Å². The van der Waals surface area contributed by atoms with E-state index in [1.807, 2.05) is 67.6 Å². The van der Waals surface area contributed by atoms with Crippen LogP contribution in [0.15, 0.2) is 83.8 Å². The summed E-state index contributed by atoms with van der Waals surface area (Å²) in [5.74, 6) is -0.288. The molecule has 0 aliphatic heterocycles. The number of carbonyl (C=O) groups is 1. The Kier molecular flexibility index (Phi) is 8.64. The highest BCUT2D eigenvalue weighted by Gasteiger charge is 2.22. The lowest BCUT2D eigenvalue weighted by molar-refractivity contribution is -0.136. The fraction of sp³-hybridized carbons (Fsp3) is 0.219. The Labute approximate surface area is 242 Å². The van der Waals surface area contributed by atoms with Crippen LogP contribution in [0.1, 0.15) is 36.1 Å². The zero-order valence-corrected chi connectivity index (χ0v) is 23.5. The van der Waals surface area contributed by atoms with Gasteiger partial charge in [0.15, 0.2) is 0 Å². The number of benzene rings is 3. The highest BCUT2D eigenvalue weighted by atomic mass is 35.5. The molecule has 0 aliphatic rings. The first kappa shape index (κ1) is 28.3. The number of rotatable bonds is 10. The van der Waals surface area contributed by atoms with Gasteiger partial charge in [0.1, 0.15) is 17.4 Å². The number of halogens is 1. The molecule has 0 spiro atoms. The molecule has 41 heavy (non-hydrogen) atoms. The summed E-state index contributed by atoms with van der Waals surface area (Å²) >= 11 is 6.16. The SMILES string of the molecule is Cc1ccc(-c2c[nH]c3c(-c4ccc(Cl)cc4)c(Cc4ccccc4)nn3c2=O)c(OC(=O)[C@H](N)CCCCN)c1. The second-order valence-corrected chi connectivity index (χ2v) is 10.5. The molecule has 9 heteroatoms. The van der Waals surface area contributed by atoms with Gasteiger partial charge in [0.25, 0.3) is 5.56 Å². The second kappa shape index (κ2) is 12.5. The Hall–Kier alpha value is -4.24. The summed E-state index contributed by atoms with van der Waals surface area (Å²) in [6.45, 7) is 2.42.